The molecule has 0 aliphatic rings. The normalized spacial score (nSPS) is 10.4. The molecule has 0 bridgehead atoms. The van der Waals surface area contributed by atoms with Crippen LogP contribution >= 0.6 is 0 Å². The number of anilines is 1. The molecule has 0 unspecified atom stereocenters. The first-order chi connectivity index (χ1) is 13.0. The highest BCUT2D eigenvalue weighted by Gasteiger charge is 2.14. The van der Waals surface area contributed by atoms with E-state index >= 15 is 0 Å². The number of rotatable bonds is 7. The van der Waals surface area contributed by atoms with Gasteiger partial charge in [0.05, 0.1) is 27.5 Å². The lowest BCUT2D eigenvalue weighted by molar-refractivity contribution is -0.114. The van der Waals surface area contributed by atoms with Crippen molar-refractivity contribution in [1.82, 2.24) is 5.43 Å². The minimum Gasteiger partial charge on any atom is -0.493 e. The molecule has 0 aliphatic heterocycles. The highest BCUT2D eigenvalue weighted by molar-refractivity contribution is 5.97. The van der Waals surface area contributed by atoms with Gasteiger partial charge in [0, 0.05) is 23.7 Å². The number of benzene rings is 2. The molecule has 0 radical (unpaired) electrons. The molecule has 0 atom stereocenters. The van der Waals surface area contributed by atoms with Crippen LogP contribution in [0.2, 0.25) is 0 Å². The highest BCUT2D eigenvalue weighted by Crippen LogP contribution is 2.38. The minimum atomic E-state index is -0.419. The monoisotopic (exact) mass is 371 g/mol. The molecule has 8 heteroatoms. The number of amides is 2. The zero-order valence-electron chi connectivity index (χ0n) is 15.5. The molecule has 142 valence electrons. The highest BCUT2D eigenvalue weighted by atomic mass is 16.5. The lowest BCUT2D eigenvalue weighted by atomic mass is 10.2. The molecule has 0 heterocycles. The Hall–Kier alpha value is -3.55. The number of hydrogen-bond acceptors (Lipinski definition) is 6. The quantitative estimate of drug-likeness (QED) is 0.575. The lowest BCUT2D eigenvalue weighted by Gasteiger charge is -2.13. The van der Waals surface area contributed by atoms with Crippen LogP contribution in [-0.2, 0) is 4.79 Å². The fraction of sp³-hybridized carbons (Fsp3) is 0.211. The summed E-state index contributed by atoms with van der Waals surface area (Å²) in [5.74, 6) is 0.745. The summed E-state index contributed by atoms with van der Waals surface area (Å²) in [6.45, 7) is 1.40. The first-order valence-corrected chi connectivity index (χ1v) is 8.00. The summed E-state index contributed by atoms with van der Waals surface area (Å²) in [6, 6.07) is 9.97. The molecular weight excluding hydrogens is 350 g/mol. The molecule has 2 N–H and O–H groups in total. The third-order valence-corrected chi connectivity index (χ3v) is 3.55. The van der Waals surface area contributed by atoms with Crippen LogP contribution in [0.4, 0.5) is 5.69 Å². The van der Waals surface area contributed by atoms with E-state index in [9.17, 15) is 9.59 Å². The second-order valence-electron chi connectivity index (χ2n) is 5.38. The summed E-state index contributed by atoms with van der Waals surface area (Å²) in [5, 5.41) is 6.58. The summed E-state index contributed by atoms with van der Waals surface area (Å²) >= 11 is 0. The van der Waals surface area contributed by atoms with Crippen molar-refractivity contribution in [3.63, 3.8) is 0 Å². The van der Waals surface area contributed by atoms with Gasteiger partial charge in [-0.3, -0.25) is 9.59 Å². The van der Waals surface area contributed by atoms with E-state index in [1.165, 1.54) is 34.5 Å². The van der Waals surface area contributed by atoms with Crippen molar-refractivity contribution < 1.29 is 23.8 Å². The molecule has 0 saturated carbocycles. The Balaban J connectivity index is 2.15. The van der Waals surface area contributed by atoms with Crippen molar-refractivity contribution in [3.8, 4) is 17.2 Å². The van der Waals surface area contributed by atoms with Crippen LogP contribution in [-0.4, -0.2) is 39.4 Å². The minimum absolute atomic E-state index is 0.217. The maximum atomic E-state index is 12.2. The van der Waals surface area contributed by atoms with Crippen LogP contribution in [0.1, 0.15) is 22.8 Å². The number of methoxy groups -OCH3 is 3. The van der Waals surface area contributed by atoms with E-state index in [0.717, 1.165) is 0 Å². The third kappa shape index (κ3) is 4.97. The lowest BCUT2D eigenvalue weighted by Crippen LogP contribution is -2.18. The topological polar surface area (TPSA) is 98.2 Å². The maximum absolute atomic E-state index is 12.2. The van der Waals surface area contributed by atoms with Crippen molar-refractivity contribution in [3.05, 3.63) is 47.5 Å². The average molecular weight is 371 g/mol. The smallest absolute Gasteiger partial charge is 0.271 e. The first-order valence-electron chi connectivity index (χ1n) is 8.00. The molecule has 2 amide bonds. The molecule has 27 heavy (non-hydrogen) atoms. The van der Waals surface area contributed by atoms with Crippen molar-refractivity contribution in [2.24, 2.45) is 5.10 Å². The molecule has 0 fully saturated rings. The van der Waals surface area contributed by atoms with Crippen LogP contribution in [0.5, 0.6) is 17.2 Å². The molecule has 0 aromatic heterocycles. The first kappa shape index (κ1) is 19.8. The van der Waals surface area contributed by atoms with E-state index in [1.807, 2.05) is 0 Å². The van der Waals surface area contributed by atoms with Crippen LogP contribution in [0, 0.1) is 0 Å². The van der Waals surface area contributed by atoms with Gasteiger partial charge < -0.3 is 19.5 Å². The Kier molecular flexibility index (Phi) is 6.76. The fourth-order valence-corrected chi connectivity index (χ4v) is 2.39. The Bertz CT molecular complexity index is 864. The predicted molar refractivity (Wildman–Crippen MR) is 102 cm³/mol. The second kappa shape index (κ2) is 9.23. The van der Waals surface area contributed by atoms with Crippen molar-refractivity contribution in [2.75, 3.05) is 26.6 Å². The zero-order chi connectivity index (χ0) is 19.8. The SMILES string of the molecule is COc1ccc(/C=N\NC(=O)c2cccc(NC(C)=O)c2)c(OC)c1OC. The number of carbonyl (C=O) groups excluding carboxylic acids is 2. The largest absolute Gasteiger partial charge is 0.493 e. The van der Waals surface area contributed by atoms with E-state index in [0.29, 0.717) is 34.1 Å². The Morgan fingerprint density at radius 2 is 1.74 bits per heavy atom. The maximum Gasteiger partial charge on any atom is 0.271 e. The van der Waals surface area contributed by atoms with Gasteiger partial charge in [0.25, 0.3) is 5.91 Å². The molecule has 2 rings (SSSR count). The van der Waals surface area contributed by atoms with Crippen LogP contribution in [0.15, 0.2) is 41.5 Å². The summed E-state index contributed by atoms with van der Waals surface area (Å²) in [7, 11) is 4.53. The Morgan fingerprint density at radius 3 is 2.37 bits per heavy atom. The van der Waals surface area contributed by atoms with Crippen LogP contribution in [0.3, 0.4) is 0 Å². The number of hydrogen-bond donors (Lipinski definition) is 2. The summed E-state index contributed by atoms with van der Waals surface area (Å²) in [4.78, 5) is 23.4. The molecule has 2 aromatic carbocycles. The van der Waals surface area contributed by atoms with E-state index in [4.69, 9.17) is 14.2 Å². The molecule has 0 aliphatic carbocycles. The summed E-state index contributed by atoms with van der Waals surface area (Å²) in [5.41, 5.74) is 3.92. The number of carbonyl (C=O) groups is 2. The summed E-state index contributed by atoms with van der Waals surface area (Å²) in [6.07, 6.45) is 1.44. The van der Waals surface area contributed by atoms with Gasteiger partial charge in [0.1, 0.15) is 0 Å². The summed E-state index contributed by atoms with van der Waals surface area (Å²) < 4.78 is 15.9. The van der Waals surface area contributed by atoms with E-state index in [2.05, 4.69) is 15.8 Å². The average Bonchev–Trinajstić information content (AvgIpc) is 2.66. The molecule has 0 spiro atoms. The van der Waals surface area contributed by atoms with Crippen molar-refractivity contribution >= 4 is 23.7 Å². The number of ether oxygens (including phenoxy) is 3. The van der Waals surface area contributed by atoms with E-state index in [-0.39, 0.29) is 5.91 Å². The third-order valence-electron chi connectivity index (χ3n) is 3.55. The van der Waals surface area contributed by atoms with Crippen LogP contribution in [0.25, 0.3) is 0 Å². The van der Waals surface area contributed by atoms with E-state index < -0.39 is 5.91 Å². The van der Waals surface area contributed by atoms with Gasteiger partial charge in [0.15, 0.2) is 11.5 Å². The molecule has 8 nitrogen and oxygen atoms in total. The second-order valence-corrected chi connectivity index (χ2v) is 5.38. The van der Waals surface area contributed by atoms with Gasteiger partial charge in [-0.15, -0.1) is 0 Å². The number of hydrazone groups is 1. The van der Waals surface area contributed by atoms with Crippen LogP contribution < -0.4 is 25.0 Å². The van der Waals surface area contributed by atoms with Gasteiger partial charge in [-0.2, -0.15) is 5.10 Å². The van der Waals surface area contributed by atoms with Gasteiger partial charge >= 0.3 is 0 Å². The zero-order valence-corrected chi connectivity index (χ0v) is 15.5. The Morgan fingerprint density at radius 1 is 1.00 bits per heavy atom. The predicted octanol–water partition coefficient (Wildman–Crippen LogP) is 2.43. The van der Waals surface area contributed by atoms with Crippen molar-refractivity contribution in [2.45, 2.75) is 6.92 Å². The standard InChI is InChI=1S/C19H21N3O5/c1-12(23)21-15-7-5-6-13(10-15)19(24)22-20-11-14-8-9-16(25-2)18(27-4)17(14)26-3/h5-11H,1-4H3,(H,21,23)(H,22,24)/b20-11-. The molecule has 2 aromatic rings. The fourth-order valence-electron chi connectivity index (χ4n) is 2.39. The number of nitrogens with zero attached hydrogens (tertiary/aromatic N) is 1. The number of nitrogens with one attached hydrogen (secondary N) is 2. The van der Waals surface area contributed by atoms with Gasteiger partial charge in [-0.25, -0.2) is 5.43 Å². The van der Waals surface area contributed by atoms with Gasteiger partial charge in [-0.05, 0) is 30.3 Å². The Labute approximate surface area is 157 Å². The molecule has 0 saturated heterocycles. The van der Waals surface area contributed by atoms with E-state index in [1.54, 1.807) is 36.4 Å². The van der Waals surface area contributed by atoms with Crippen molar-refractivity contribution in [1.29, 1.82) is 0 Å². The van der Waals surface area contributed by atoms with Gasteiger partial charge in [-0.1, -0.05) is 6.07 Å². The molecular formula is C19H21N3O5. The van der Waals surface area contributed by atoms with Gasteiger partial charge in [0.2, 0.25) is 11.7 Å².